The first-order valence-electron chi connectivity index (χ1n) is 11.0. The standard InChI is InChI=1S/C18H17N.C9H12O3/c19-14-8-5-13-7-9-16-15-4-2-1-3-12(15)6-10-17(16)18(13)11-14;1-2-3-5-12-9(10)8-4-6-11-7-8/h1-4,6-7,9-10,14H,5,8,11,19H2;4,6-7H,2-3,5H2,1H3. The van der Waals surface area contributed by atoms with Crippen LogP contribution in [0.4, 0.5) is 0 Å². The molecule has 5 rings (SSSR count). The summed E-state index contributed by atoms with van der Waals surface area (Å²) in [4.78, 5) is 11.1. The summed E-state index contributed by atoms with van der Waals surface area (Å²) in [6.07, 6.45) is 8.03. The van der Waals surface area contributed by atoms with Gasteiger partial charge in [0, 0.05) is 6.04 Å². The van der Waals surface area contributed by atoms with E-state index >= 15 is 0 Å². The Balaban J connectivity index is 0.000000168. The fourth-order valence-corrected chi connectivity index (χ4v) is 4.15. The zero-order valence-electron chi connectivity index (χ0n) is 18.0. The van der Waals surface area contributed by atoms with Gasteiger partial charge in [-0.25, -0.2) is 4.79 Å². The lowest BCUT2D eigenvalue weighted by atomic mass is 9.84. The number of fused-ring (bicyclic) bond motifs is 5. The molecule has 2 N–H and O–H groups in total. The number of furan rings is 1. The van der Waals surface area contributed by atoms with E-state index in [0.717, 1.165) is 32.1 Å². The minimum atomic E-state index is -0.308. The summed E-state index contributed by atoms with van der Waals surface area (Å²) >= 11 is 0. The molecule has 0 amide bonds. The number of nitrogens with two attached hydrogens (primary N) is 1. The molecule has 1 aromatic heterocycles. The molecule has 0 aliphatic heterocycles. The van der Waals surface area contributed by atoms with Crippen LogP contribution in [0.5, 0.6) is 0 Å². The second-order valence-electron chi connectivity index (χ2n) is 8.09. The van der Waals surface area contributed by atoms with E-state index in [1.807, 2.05) is 6.92 Å². The van der Waals surface area contributed by atoms with E-state index in [2.05, 4.69) is 48.5 Å². The van der Waals surface area contributed by atoms with Gasteiger partial charge in [0.1, 0.15) is 6.26 Å². The summed E-state index contributed by atoms with van der Waals surface area (Å²) < 4.78 is 9.67. The van der Waals surface area contributed by atoms with E-state index in [0.29, 0.717) is 18.2 Å². The summed E-state index contributed by atoms with van der Waals surface area (Å²) in [7, 11) is 0. The van der Waals surface area contributed by atoms with Crippen molar-refractivity contribution in [3.63, 3.8) is 0 Å². The molecule has 0 fully saturated rings. The van der Waals surface area contributed by atoms with Crippen molar-refractivity contribution >= 4 is 27.5 Å². The van der Waals surface area contributed by atoms with E-state index in [9.17, 15) is 4.79 Å². The molecule has 0 saturated carbocycles. The number of unbranched alkanes of at least 4 members (excludes halogenated alkanes) is 1. The van der Waals surface area contributed by atoms with Crippen molar-refractivity contribution in [3.8, 4) is 0 Å². The smallest absolute Gasteiger partial charge is 0.341 e. The van der Waals surface area contributed by atoms with Gasteiger partial charge in [-0.1, -0.05) is 61.9 Å². The van der Waals surface area contributed by atoms with Gasteiger partial charge in [-0.15, -0.1) is 0 Å². The third-order valence-corrected chi connectivity index (χ3v) is 5.87. The lowest BCUT2D eigenvalue weighted by Gasteiger charge is -2.23. The van der Waals surface area contributed by atoms with Crippen molar-refractivity contribution in [1.29, 1.82) is 0 Å². The molecule has 1 atom stereocenters. The second kappa shape index (κ2) is 9.80. The average Bonchev–Trinajstić information content (AvgIpc) is 3.34. The monoisotopic (exact) mass is 415 g/mol. The van der Waals surface area contributed by atoms with Crippen LogP contribution in [0.2, 0.25) is 0 Å². The maximum atomic E-state index is 11.1. The van der Waals surface area contributed by atoms with Crippen molar-refractivity contribution < 1.29 is 13.9 Å². The number of hydrogen-bond donors (Lipinski definition) is 1. The molecule has 31 heavy (non-hydrogen) atoms. The molecule has 0 saturated heterocycles. The van der Waals surface area contributed by atoms with Crippen LogP contribution in [-0.4, -0.2) is 18.6 Å². The van der Waals surface area contributed by atoms with Crippen LogP contribution in [0.1, 0.15) is 47.7 Å². The first kappa shape index (κ1) is 21.1. The van der Waals surface area contributed by atoms with Crippen LogP contribution in [-0.2, 0) is 17.6 Å². The quantitative estimate of drug-likeness (QED) is 0.250. The van der Waals surface area contributed by atoms with Crippen molar-refractivity contribution in [3.05, 3.63) is 83.8 Å². The Morgan fingerprint density at radius 2 is 1.90 bits per heavy atom. The molecule has 3 aromatic carbocycles. The van der Waals surface area contributed by atoms with E-state index in [1.165, 1.54) is 45.2 Å². The largest absolute Gasteiger partial charge is 0.472 e. The third-order valence-electron chi connectivity index (χ3n) is 5.87. The van der Waals surface area contributed by atoms with Crippen molar-refractivity contribution in [2.24, 2.45) is 5.73 Å². The lowest BCUT2D eigenvalue weighted by molar-refractivity contribution is 0.0499. The second-order valence-corrected chi connectivity index (χ2v) is 8.09. The molecule has 4 nitrogen and oxygen atoms in total. The van der Waals surface area contributed by atoms with Crippen LogP contribution >= 0.6 is 0 Å². The summed E-state index contributed by atoms with van der Waals surface area (Å²) in [6, 6.07) is 19.6. The van der Waals surface area contributed by atoms with E-state index < -0.39 is 0 Å². The third kappa shape index (κ3) is 4.80. The van der Waals surface area contributed by atoms with Gasteiger partial charge < -0.3 is 14.9 Å². The molecule has 1 heterocycles. The zero-order valence-corrected chi connectivity index (χ0v) is 18.0. The number of ether oxygens (including phenoxy) is 1. The Bertz CT molecular complexity index is 1160. The van der Waals surface area contributed by atoms with Crippen LogP contribution in [0, 0.1) is 0 Å². The van der Waals surface area contributed by atoms with Crippen LogP contribution in [0.3, 0.4) is 0 Å². The Labute approximate surface area is 183 Å². The van der Waals surface area contributed by atoms with E-state index in [-0.39, 0.29) is 5.97 Å². The Hall–Kier alpha value is -3.11. The highest BCUT2D eigenvalue weighted by Crippen LogP contribution is 2.32. The Morgan fingerprint density at radius 3 is 2.71 bits per heavy atom. The highest BCUT2D eigenvalue weighted by Gasteiger charge is 2.18. The number of aryl methyl sites for hydroxylation is 1. The summed E-state index contributed by atoms with van der Waals surface area (Å²) in [5.74, 6) is -0.308. The van der Waals surface area contributed by atoms with E-state index in [1.54, 1.807) is 6.07 Å². The molecule has 4 heteroatoms. The molecule has 1 aliphatic carbocycles. The lowest BCUT2D eigenvalue weighted by Crippen LogP contribution is -2.27. The van der Waals surface area contributed by atoms with Gasteiger partial charge in [0.15, 0.2) is 0 Å². The Kier molecular flexibility index (Phi) is 6.68. The number of esters is 1. The van der Waals surface area contributed by atoms with Crippen LogP contribution < -0.4 is 5.73 Å². The van der Waals surface area contributed by atoms with Crippen molar-refractivity contribution in [2.45, 2.75) is 45.1 Å². The minimum Gasteiger partial charge on any atom is -0.472 e. The van der Waals surface area contributed by atoms with Gasteiger partial charge >= 0.3 is 5.97 Å². The molecule has 160 valence electrons. The molecular formula is C27H29NO3. The SMILES string of the molecule is CCCCOC(=O)c1ccoc1.NC1CCc2ccc3c(ccc4ccccc43)c2C1. The first-order valence-corrected chi connectivity index (χ1v) is 11.0. The number of rotatable bonds is 4. The number of benzene rings is 3. The summed E-state index contributed by atoms with van der Waals surface area (Å²) in [6.45, 7) is 2.53. The fourth-order valence-electron chi connectivity index (χ4n) is 4.15. The predicted molar refractivity (Wildman–Crippen MR) is 125 cm³/mol. The first-order chi connectivity index (χ1) is 15.2. The minimum absolute atomic E-state index is 0.308. The normalized spacial score (nSPS) is 15.2. The van der Waals surface area contributed by atoms with Gasteiger partial charge in [-0.3, -0.25) is 0 Å². The average molecular weight is 416 g/mol. The predicted octanol–water partition coefficient (Wildman–Crippen LogP) is 6.05. The maximum absolute atomic E-state index is 11.1. The maximum Gasteiger partial charge on any atom is 0.341 e. The summed E-state index contributed by atoms with van der Waals surface area (Å²) in [5.41, 5.74) is 9.60. The molecule has 1 unspecified atom stereocenters. The van der Waals surface area contributed by atoms with Gasteiger partial charge in [0.05, 0.1) is 18.4 Å². The Morgan fingerprint density at radius 1 is 1.06 bits per heavy atom. The topological polar surface area (TPSA) is 65.5 Å². The summed E-state index contributed by atoms with van der Waals surface area (Å²) in [5, 5.41) is 5.43. The van der Waals surface area contributed by atoms with Gasteiger partial charge in [0.25, 0.3) is 0 Å². The number of carbonyl (C=O) groups is 1. The van der Waals surface area contributed by atoms with Crippen molar-refractivity contribution in [1.82, 2.24) is 0 Å². The highest BCUT2D eigenvalue weighted by atomic mass is 16.5. The van der Waals surface area contributed by atoms with Crippen LogP contribution in [0.15, 0.2) is 71.5 Å². The van der Waals surface area contributed by atoms with Gasteiger partial charge in [-0.2, -0.15) is 0 Å². The zero-order chi connectivity index (χ0) is 21.6. The van der Waals surface area contributed by atoms with Crippen molar-refractivity contribution in [2.75, 3.05) is 6.61 Å². The fraction of sp³-hybridized carbons (Fsp3) is 0.296. The molecule has 4 aromatic rings. The number of hydrogen-bond acceptors (Lipinski definition) is 4. The molecule has 0 bridgehead atoms. The molecular weight excluding hydrogens is 386 g/mol. The van der Waals surface area contributed by atoms with Crippen LogP contribution in [0.25, 0.3) is 21.5 Å². The molecule has 0 radical (unpaired) electrons. The van der Waals surface area contributed by atoms with Gasteiger partial charge in [0.2, 0.25) is 0 Å². The molecule has 1 aliphatic rings. The highest BCUT2D eigenvalue weighted by molar-refractivity contribution is 6.08. The van der Waals surface area contributed by atoms with E-state index in [4.69, 9.17) is 14.9 Å². The molecule has 0 spiro atoms. The van der Waals surface area contributed by atoms with Gasteiger partial charge in [-0.05, 0) is 64.4 Å². The number of carbonyl (C=O) groups excluding carboxylic acids is 1.